The van der Waals surface area contributed by atoms with E-state index in [2.05, 4.69) is 50.4 Å². The molecule has 0 amide bonds. The van der Waals surface area contributed by atoms with Crippen molar-refractivity contribution in [2.75, 3.05) is 0 Å². The zero-order valence-corrected chi connectivity index (χ0v) is 12.8. The number of aliphatic hydroxyl groups excluding tert-OH is 1. The fraction of sp³-hybridized carbons (Fsp3) is 0.412. The quantitative estimate of drug-likeness (QED) is 0.850. The van der Waals surface area contributed by atoms with Crippen LogP contribution in [0, 0.1) is 0 Å². The first-order chi connectivity index (χ1) is 9.21. The van der Waals surface area contributed by atoms with Crippen molar-refractivity contribution in [2.45, 2.75) is 46.1 Å². The molecule has 1 unspecified atom stereocenters. The highest BCUT2D eigenvalue weighted by atomic mass is 32.1. The van der Waals surface area contributed by atoms with Gasteiger partial charge in [0.2, 0.25) is 0 Å². The van der Waals surface area contributed by atoms with E-state index in [1.807, 2.05) is 0 Å². The van der Waals surface area contributed by atoms with Crippen LogP contribution >= 0.6 is 11.3 Å². The van der Waals surface area contributed by atoms with Gasteiger partial charge in [-0.05, 0) is 53.0 Å². The number of aryl methyl sites for hydroxylation is 3. The second-order valence-electron chi connectivity index (χ2n) is 4.80. The molecule has 0 radical (unpaired) electrons. The zero-order valence-electron chi connectivity index (χ0n) is 11.9. The molecule has 102 valence electrons. The van der Waals surface area contributed by atoms with Crippen molar-refractivity contribution < 1.29 is 5.11 Å². The minimum absolute atomic E-state index is 0.480. The lowest BCUT2D eigenvalue weighted by atomic mass is 9.96. The normalized spacial score (nSPS) is 12.6. The summed E-state index contributed by atoms with van der Waals surface area (Å²) in [5.41, 5.74) is 5.02. The van der Waals surface area contributed by atoms with Crippen molar-refractivity contribution in [1.29, 1.82) is 0 Å². The van der Waals surface area contributed by atoms with Crippen molar-refractivity contribution in [3.8, 4) is 0 Å². The summed E-state index contributed by atoms with van der Waals surface area (Å²) in [5.74, 6) is 0. The van der Waals surface area contributed by atoms with Crippen LogP contribution in [0.3, 0.4) is 0 Å². The van der Waals surface area contributed by atoms with Gasteiger partial charge in [0.1, 0.15) is 6.10 Å². The van der Waals surface area contributed by atoms with E-state index in [0.29, 0.717) is 0 Å². The minimum Gasteiger partial charge on any atom is -0.383 e. The highest BCUT2D eigenvalue weighted by Crippen LogP contribution is 2.31. The number of benzene rings is 1. The van der Waals surface area contributed by atoms with E-state index in [9.17, 15) is 5.11 Å². The molecule has 0 saturated carbocycles. The molecule has 0 aliphatic heterocycles. The molecule has 0 spiro atoms. The first-order valence-corrected chi connectivity index (χ1v) is 7.95. The van der Waals surface area contributed by atoms with Gasteiger partial charge in [-0.3, -0.25) is 0 Å². The summed E-state index contributed by atoms with van der Waals surface area (Å²) in [6.45, 7) is 6.49. The van der Waals surface area contributed by atoms with Gasteiger partial charge in [-0.2, -0.15) is 0 Å². The molecule has 0 bridgehead atoms. The van der Waals surface area contributed by atoms with Crippen molar-refractivity contribution in [2.24, 2.45) is 0 Å². The van der Waals surface area contributed by atoms with Gasteiger partial charge in [0.05, 0.1) is 0 Å². The molecule has 19 heavy (non-hydrogen) atoms. The highest BCUT2D eigenvalue weighted by Gasteiger charge is 2.16. The molecule has 0 aliphatic carbocycles. The van der Waals surface area contributed by atoms with Gasteiger partial charge in [0.25, 0.3) is 0 Å². The zero-order chi connectivity index (χ0) is 13.8. The molecule has 1 aromatic carbocycles. The molecule has 0 fully saturated rings. The van der Waals surface area contributed by atoms with Gasteiger partial charge in [-0.25, -0.2) is 0 Å². The standard InChI is InChI=1S/C17H22OS/c1-4-12-7-8-15(11-14(12)6-3)16(18)17-13(5-2)9-10-19-17/h7-11,16,18H,4-6H2,1-3H3. The summed E-state index contributed by atoms with van der Waals surface area (Å²) in [6, 6.07) is 8.52. The molecule has 2 aromatic rings. The summed E-state index contributed by atoms with van der Waals surface area (Å²) >= 11 is 1.65. The van der Waals surface area contributed by atoms with Crippen molar-refractivity contribution in [3.05, 3.63) is 56.8 Å². The Morgan fingerprint density at radius 1 is 0.947 bits per heavy atom. The van der Waals surface area contributed by atoms with Crippen LogP contribution in [-0.2, 0) is 19.3 Å². The van der Waals surface area contributed by atoms with E-state index in [0.717, 1.165) is 29.7 Å². The molecular formula is C17H22OS. The lowest BCUT2D eigenvalue weighted by Crippen LogP contribution is -2.02. The summed E-state index contributed by atoms with van der Waals surface area (Å²) in [4.78, 5) is 1.09. The number of aliphatic hydroxyl groups is 1. The predicted octanol–water partition coefficient (Wildman–Crippen LogP) is 4.52. The summed E-state index contributed by atoms with van der Waals surface area (Å²) in [6.07, 6.45) is 2.57. The summed E-state index contributed by atoms with van der Waals surface area (Å²) in [5, 5.41) is 12.7. The van der Waals surface area contributed by atoms with Crippen LogP contribution in [0.5, 0.6) is 0 Å². The maximum absolute atomic E-state index is 10.6. The fourth-order valence-corrected chi connectivity index (χ4v) is 3.53. The van der Waals surface area contributed by atoms with Gasteiger partial charge in [-0.1, -0.05) is 39.0 Å². The Kier molecular flexibility index (Phi) is 4.78. The van der Waals surface area contributed by atoms with Crippen LogP contribution < -0.4 is 0 Å². The number of hydrogen-bond donors (Lipinski definition) is 1. The van der Waals surface area contributed by atoms with Crippen LogP contribution in [0.4, 0.5) is 0 Å². The third-order valence-electron chi connectivity index (χ3n) is 3.72. The Morgan fingerprint density at radius 3 is 2.26 bits per heavy atom. The average Bonchev–Trinajstić information content (AvgIpc) is 2.94. The van der Waals surface area contributed by atoms with Crippen molar-refractivity contribution in [1.82, 2.24) is 0 Å². The lowest BCUT2D eigenvalue weighted by Gasteiger charge is -2.14. The van der Waals surface area contributed by atoms with Crippen LogP contribution in [0.15, 0.2) is 29.6 Å². The second-order valence-corrected chi connectivity index (χ2v) is 5.75. The largest absolute Gasteiger partial charge is 0.383 e. The molecule has 0 saturated heterocycles. The Balaban J connectivity index is 2.36. The number of rotatable bonds is 5. The number of hydrogen-bond acceptors (Lipinski definition) is 2. The molecule has 1 aromatic heterocycles. The minimum atomic E-state index is -0.480. The van der Waals surface area contributed by atoms with E-state index in [-0.39, 0.29) is 0 Å². The third-order valence-corrected chi connectivity index (χ3v) is 4.73. The molecule has 0 aliphatic rings. The van der Waals surface area contributed by atoms with Crippen LogP contribution in [0.2, 0.25) is 0 Å². The summed E-state index contributed by atoms with van der Waals surface area (Å²) in [7, 11) is 0. The predicted molar refractivity (Wildman–Crippen MR) is 83.0 cm³/mol. The third kappa shape index (κ3) is 2.90. The van der Waals surface area contributed by atoms with Crippen molar-refractivity contribution >= 4 is 11.3 Å². The SMILES string of the molecule is CCc1ccc(C(O)c2sccc2CC)cc1CC. The van der Waals surface area contributed by atoms with Gasteiger partial charge in [0.15, 0.2) is 0 Å². The first kappa shape index (κ1) is 14.3. The summed E-state index contributed by atoms with van der Waals surface area (Å²) < 4.78 is 0. The molecule has 1 nitrogen and oxygen atoms in total. The molecular weight excluding hydrogens is 252 g/mol. The van der Waals surface area contributed by atoms with E-state index in [4.69, 9.17) is 0 Å². The average molecular weight is 274 g/mol. The molecule has 1 N–H and O–H groups in total. The Hall–Kier alpha value is -1.12. The van der Waals surface area contributed by atoms with Gasteiger partial charge >= 0.3 is 0 Å². The van der Waals surface area contributed by atoms with E-state index < -0.39 is 6.10 Å². The molecule has 2 heteroatoms. The van der Waals surface area contributed by atoms with Crippen LogP contribution in [0.1, 0.15) is 54.0 Å². The van der Waals surface area contributed by atoms with Crippen LogP contribution in [-0.4, -0.2) is 5.11 Å². The Bertz CT molecular complexity index is 542. The van der Waals surface area contributed by atoms with Gasteiger partial charge in [0, 0.05) is 4.88 Å². The lowest BCUT2D eigenvalue weighted by molar-refractivity contribution is 0.223. The maximum atomic E-state index is 10.6. The smallest absolute Gasteiger partial charge is 0.113 e. The Morgan fingerprint density at radius 2 is 1.63 bits per heavy atom. The van der Waals surface area contributed by atoms with Crippen molar-refractivity contribution in [3.63, 3.8) is 0 Å². The van der Waals surface area contributed by atoms with Gasteiger partial charge < -0.3 is 5.11 Å². The fourth-order valence-electron chi connectivity index (χ4n) is 2.52. The monoisotopic (exact) mass is 274 g/mol. The van der Waals surface area contributed by atoms with E-state index in [1.165, 1.54) is 16.7 Å². The first-order valence-electron chi connectivity index (χ1n) is 7.07. The highest BCUT2D eigenvalue weighted by molar-refractivity contribution is 7.10. The number of thiophene rings is 1. The Labute approximate surface area is 119 Å². The topological polar surface area (TPSA) is 20.2 Å². The van der Waals surface area contributed by atoms with E-state index >= 15 is 0 Å². The second kappa shape index (κ2) is 6.36. The molecule has 2 rings (SSSR count). The van der Waals surface area contributed by atoms with Crippen LogP contribution in [0.25, 0.3) is 0 Å². The molecule has 1 heterocycles. The van der Waals surface area contributed by atoms with E-state index in [1.54, 1.807) is 11.3 Å². The maximum Gasteiger partial charge on any atom is 0.113 e. The molecule has 1 atom stereocenters. The van der Waals surface area contributed by atoms with Gasteiger partial charge in [-0.15, -0.1) is 11.3 Å².